The van der Waals surface area contributed by atoms with Gasteiger partial charge in [0.15, 0.2) is 0 Å². The molecule has 1 heterocycles. The van der Waals surface area contributed by atoms with Crippen LogP contribution in [0.3, 0.4) is 0 Å². The van der Waals surface area contributed by atoms with Crippen molar-refractivity contribution in [2.75, 3.05) is 18.6 Å². The number of ether oxygens (including phenoxy) is 2. The van der Waals surface area contributed by atoms with Gasteiger partial charge >= 0.3 is 18.3 Å². The minimum Gasteiger partial charge on any atom is -0.443 e. The summed E-state index contributed by atoms with van der Waals surface area (Å²) in [6.07, 6.45) is -5.35. The lowest BCUT2D eigenvalue weighted by Gasteiger charge is -2.31. The number of nitrogens with zero attached hydrogens (tertiary/aromatic N) is 2. The number of hydrogen-bond acceptors (Lipinski definition) is 4. The number of carbonyl (C=O) groups excluding carboxylic acids is 2. The fourth-order valence-corrected chi connectivity index (χ4v) is 5.04. The van der Waals surface area contributed by atoms with Crippen molar-refractivity contribution in [3.63, 3.8) is 0 Å². The highest BCUT2D eigenvalue weighted by Crippen LogP contribution is 2.37. The molecule has 2 unspecified atom stereocenters. The molecule has 0 aliphatic carbocycles. The first-order valence-electron chi connectivity index (χ1n) is 14.1. The van der Waals surface area contributed by atoms with Gasteiger partial charge in [0.1, 0.15) is 11.8 Å². The van der Waals surface area contributed by atoms with Crippen molar-refractivity contribution in [1.82, 2.24) is 10.2 Å². The average molecular weight is 578 g/mol. The number of hydrogen-bond donors (Lipinski definition) is 1. The van der Waals surface area contributed by atoms with Gasteiger partial charge in [-0.25, -0.2) is 9.59 Å². The summed E-state index contributed by atoms with van der Waals surface area (Å²) in [7, 11) is 1.56. The standard InChI is InChI=1S/C31H42F3N3O4/c1-8-25(15-16-31(32,33)34)35-28(38)36(9-2)20(3)21-11-10-12-22(17-21)23-13-14-26-24(18-23)19-27(40-7)37(26)29(39)41-30(4,5)6/h10-14,17-18,20,25,27H,8-9,15-16,19H2,1-7H3,(H,35,38)/t20-,25?,27?/m1/s1. The first-order valence-corrected chi connectivity index (χ1v) is 14.1. The van der Waals surface area contributed by atoms with Crippen molar-refractivity contribution >= 4 is 17.8 Å². The van der Waals surface area contributed by atoms with Gasteiger partial charge in [0.25, 0.3) is 0 Å². The van der Waals surface area contributed by atoms with Crippen LogP contribution in [0.1, 0.15) is 78.0 Å². The number of benzene rings is 2. The third-order valence-corrected chi connectivity index (χ3v) is 7.25. The molecule has 0 bridgehead atoms. The average Bonchev–Trinajstić information content (AvgIpc) is 3.28. The number of carbonyl (C=O) groups is 2. The van der Waals surface area contributed by atoms with E-state index in [1.807, 2.05) is 77.1 Å². The molecule has 2 aromatic carbocycles. The number of amides is 3. The summed E-state index contributed by atoms with van der Waals surface area (Å²) < 4.78 is 49.3. The molecular weight excluding hydrogens is 535 g/mol. The molecule has 41 heavy (non-hydrogen) atoms. The monoisotopic (exact) mass is 577 g/mol. The highest BCUT2D eigenvalue weighted by atomic mass is 19.4. The van der Waals surface area contributed by atoms with Crippen LogP contribution < -0.4 is 10.2 Å². The van der Waals surface area contributed by atoms with E-state index in [0.717, 1.165) is 27.9 Å². The Hall–Kier alpha value is -3.27. The van der Waals surface area contributed by atoms with Crippen LogP contribution in [-0.2, 0) is 15.9 Å². The fourth-order valence-electron chi connectivity index (χ4n) is 5.04. The van der Waals surface area contributed by atoms with Crippen molar-refractivity contribution < 1.29 is 32.2 Å². The van der Waals surface area contributed by atoms with Crippen LogP contribution in [-0.4, -0.2) is 54.7 Å². The Labute approximate surface area is 241 Å². The zero-order valence-corrected chi connectivity index (χ0v) is 25.0. The van der Waals surface area contributed by atoms with Gasteiger partial charge < -0.3 is 19.7 Å². The van der Waals surface area contributed by atoms with Crippen LogP contribution in [0.4, 0.5) is 28.4 Å². The molecular formula is C31H42F3N3O4. The van der Waals surface area contributed by atoms with Gasteiger partial charge in [0.2, 0.25) is 0 Å². The maximum Gasteiger partial charge on any atom is 0.416 e. The summed E-state index contributed by atoms with van der Waals surface area (Å²) >= 11 is 0. The van der Waals surface area contributed by atoms with Gasteiger partial charge in [-0.05, 0) is 87.9 Å². The van der Waals surface area contributed by atoms with Crippen LogP contribution in [0, 0.1) is 0 Å². The second-order valence-electron chi connectivity index (χ2n) is 11.4. The van der Waals surface area contributed by atoms with Crippen molar-refractivity contribution in [3.05, 3.63) is 53.6 Å². The van der Waals surface area contributed by atoms with Gasteiger partial charge in [-0.2, -0.15) is 13.2 Å². The molecule has 1 N–H and O–H groups in total. The molecule has 1 aliphatic heterocycles. The predicted molar refractivity (Wildman–Crippen MR) is 154 cm³/mol. The van der Waals surface area contributed by atoms with Gasteiger partial charge in [-0.15, -0.1) is 0 Å². The minimum absolute atomic E-state index is 0.152. The molecule has 2 aromatic rings. The minimum atomic E-state index is -4.26. The maximum atomic E-state index is 13.1. The maximum absolute atomic E-state index is 13.1. The Kier molecular flexibility index (Phi) is 10.3. The van der Waals surface area contributed by atoms with Gasteiger partial charge in [0, 0.05) is 32.5 Å². The van der Waals surface area contributed by atoms with E-state index in [0.29, 0.717) is 19.4 Å². The van der Waals surface area contributed by atoms with E-state index in [1.54, 1.807) is 23.8 Å². The Bertz CT molecular complexity index is 1210. The van der Waals surface area contributed by atoms with Crippen LogP contribution >= 0.6 is 0 Å². The molecule has 0 spiro atoms. The third-order valence-electron chi connectivity index (χ3n) is 7.25. The quantitative estimate of drug-likeness (QED) is 0.330. The lowest BCUT2D eigenvalue weighted by atomic mass is 9.97. The summed E-state index contributed by atoms with van der Waals surface area (Å²) in [5.41, 5.74) is 3.84. The molecule has 10 heteroatoms. The number of nitrogens with one attached hydrogen (secondary N) is 1. The molecule has 0 saturated heterocycles. The first-order chi connectivity index (χ1) is 19.2. The van der Waals surface area contributed by atoms with Gasteiger partial charge in [0.05, 0.1) is 11.7 Å². The molecule has 0 saturated carbocycles. The summed E-state index contributed by atoms with van der Waals surface area (Å²) in [5.74, 6) is 0. The highest BCUT2D eigenvalue weighted by Gasteiger charge is 2.37. The second kappa shape index (κ2) is 13.1. The third kappa shape index (κ3) is 8.38. The zero-order valence-electron chi connectivity index (χ0n) is 25.0. The van der Waals surface area contributed by atoms with E-state index in [4.69, 9.17) is 9.47 Å². The van der Waals surface area contributed by atoms with Crippen LogP contribution in [0.25, 0.3) is 11.1 Å². The Morgan fingerprint density at radius 1 is 1.10 bits per heavy atom. The van der Waals surface area contributed by atoms with E-state index in [9.17, 15) is 22.8 Å². The SMILES string of the molecule is CCC(CCC(F)(F)F)NC(=O)N(CC)[C@H](C)c1cccc(-c2ccc3c(c2)CC(OC)N3C(=O)OC(C)(C)C)c1. The first kappa shape index (κ1) is 32.2. The highest BCUT2D eigenvalue weighted by molar-refractivity contribution is 5.92. The Balaban J connectivity index is 1.80. The number of methoxy groups -OCH3 is 1. The predicted octanol–water partition coefficient (Wildman–Crippen LogP) is 7.84. The van der Waals surface area contributed by atoms with Crippen molar-refractivity contribution in [2.45, 2.75) is 97.3 Å². The Morgan fingerprint density at radius 2 is 1.78 bits per heavy atom. The molecule has 3 amide bonds. The zero-order chi connectivity index (χ0) is 30.5. The Morgan fingerprint density at radius 3 is 2.37 bits per heavy atom. The molecule has 1 aliphatic rings. The summed E-state index contributed by atoms with van der Waals surface area (Å²) in [4.78, 5) is 29.2. The largest absolute Gasteiger partial charge is 0.443 e. The van der Waals surface area contributed by atoms with Crippen LogP contribution in [0.5, 0.6) is 0 Å². The molecule has 0 aromatic heterocycles. The smallest absolute Gasteiger partial charge is 0.416 e. The van der Waals surface area contributed by atoms with E-state index in [-0.39, 0.29) is 18.5 Å². The molecule has 0 radical (unpaired) electrons. The molecule has 226 valence electrons. The van der Waals surface area contributed by atoms with Crippen molar-refractivity contribution in [2.24, 2.45) is 0 Å². The van der Waals surface area contributed by atoms with Crippen molar-refractivity contribution in [3.8, 4) is 11.1 Å². The lowest BCUT2D eigenvalue weighted by Crippen LogP contribution is -2.45. The number of urea groups is 1. The second-order valence-corrected chi connectivity index (χ2v) is 11.4. The summed E-state index contributed by atoms with van der Waals surface area (Å²) in [5, 5.41) is 2.79. The normalized spacial score (nSPS) is 16.6. The van der Waals surface area contributed by atoms with Crippen LogP contribution in [0.2, 0.25) is 0 Å². The number of halogens is 3. The lowest BCUT2D eigenvalue weighted by molar-refractivity contribution is -0.136. The van der Waals surface area contributed by atoms with E-state index < -0.39 is 36.6 Å². The molecule has 3 atom stereocenters. The van der Waals surface area contributed by atoms with Crippen LogP contribution in [0.15, 0.2) is 42.5 Å². The van der Waals surface area contributed by atoms with E-state index in [1.165, 1.54) is 0 Å². The van der Waals surface area contributed by atoms with Gasteiger partial charge in [-0.3, -0.25) is 4.90 Å². The van der Waals surface area contributed by atoms with Crippen molar-refractivity contribution in [1.29, 1.82) is 0 Å². The molecule has 0 fully saturated rings. The van der Waals surface area contributed by atoms with E-state index in [2.05, 4.69) is 5.32 Å². The summed E-state index contributed by atoms with van der Waals surface area (Å²) in [6, 6.07) is 12.5. The number of fused-ring (bicyclic) bond motifs is 1. The molecule has 7 nitrogen and oxygen atoms in total. The fraction of sp³-hybridized carbons (Fsp3) is 0.548. The number of alkyl halides is 3. The number of anilines is 1. The van der Waals surface area contributed by atoms with Gasteiger partial charge in [-0.1, -0.05) is 31.2 Å². The van der Waals surface area contributed by atoms with E-state index >= 15 is 0 Å². The topological polar surface area (TPSA) is 71.1 Å². The summed E-state index contributed by atoms with van der Waals surface area (Å²) in [6.45, 7) is 11.4. The number of rotatable bonds is 9. The molecule has 3 rings (SSSR count).